The van der Waals surface area contributed by atoms with Crippen molar-refractivity contribution in [3.05, 3.63) is 58.7 Å². The van der Waals surface area contributed by atoms with Crippen LogP contribution < -0.4 is 0 Å². The van der Waals surface area contributed by atoms with Gasteiger partial charge in [0.1, 0.15) is 0 Å². The molecule has 1 heteroatoms. The fourth-order valence-electron chi connectivity index (χ4n) is 4.31. The SMILES string of the molecule is CC1CCC(C)c2[cH-]ccc21.CC1CCC(C)c2[cH-]ccc21.[Hf]. The molecule has 0 fully saturated rings. The Labute approximate surface area is 161 Å². The van der Waals surface area contributed by atoms with E-state index in [-0.39, 0.29) is 25.8 Å². The van der Waals surface area contributed by atoms with Crippen molar-refractivity contribution in [1.29, 1.82) is 0 Å². The van der Waals surface area contributed by atoms with Gasteiger partial charge in [-0.2, -0.15) is 46.5 Å². The molecule has 124 valence electrons. The monoisotopic (exact) mass is 474 g/mol. The maximum atomic E-state index is 2.34. The first kappa shape index (κ1) is 18.9. The van der Waals surface area contributed by atoms with Gasteiger partial charge in [-0.05, 0) is 24.7 Å². The molecule has 0 amide bonds. The second kappa shape index (κ2) is 8.10. The van der Waals surface area contributed by atoms with Crippen molar-refractivity contribution in [2.75, 3.05) is 0 Å². The molecule has 2 aliphatic rings. The molecule has 0 heterocycles. The Balaban J connectivity index is 0.000000160. The first-order chi connectivity index (χ1) is 10.6. The molecule has 0 aromatic heterocycles. The average molecular weight is 473 g/mol. The van der Waals surface area contributed by atoms with Crippen LogP contribution in [0.1, 0.15) is 99.3 Å². The maximum Gasteiger partial charge on any atom is 0 e. The van der Waals surface area contributed by atoms with Gasteiger partial charge in [-0.3, -0.25) is 0 Å². The Morgan fingerprint density at radius 3 is 1.35 bits per heavy atom. The minimum absolute atomic E-state index is 0. The third kappa shape index (κ3) is 3.98. The van der Waals surface area contributed by atoms with Gasteiger partial charge < -0.3 is 0 Å². The molecule has 0 nitrogen and oxygen atoms in total. The summed E-state index contributed by atoms with van der Waals surface area (Å²) in [5.74, 6) is 3.21. The molecule has 2 aromatic carbocycles. The van der Waals surface area contributed by atoms with E-state index in [0.717, 1.165) is 23.7 Å². The molecule has 0 saturated heterocycles. The van der Waals surface area contributed by atoms with E-state index in [4.69, 9.17) is 0 Å². The summed E-state index contributed by atoms with van der Waals surface area (Å²) in [4.78, 5) is 0. The minimum Gasteiger partial charge on any atom is -0.210 e. The van der Waals surface area contributed by atoms with Crippen LogP contribution in [-0.4, -0.2) is 0 Å². The van der Waals surface area contributed by atoms with Crippen molar-refractivity contribution in [2.45, 2.75) is 77.0 Å². The molecule has 0 spiro atoms. The van der Waals surface area contributed by atoms with Crippen LogP contribution in [0.5, 0.6) is 0 Å². The summed E-state index contributed by atoms with van der Waals surface area (Å²) in [6.45, 7) is 9.35. The molecule has 0 aliphatic heterocycles. The zero-order chi connectivity index (χ0) is 15.7. The molecule has 0 N–H and O–H groups in total. The Morgan fingerprint density at radius 2 is 1.00 bits per heavy atom. The van der Waals surface area contributed by atoms with E-state index in [1.807, 2.05) is 0 Å². The molecule has 0 saturated carbocycles. The molecule has 4 rings (SSSR count). The summed E-state index contributed by atoms with van der Waals surface area (Å²) in [7, 11) is 0. The topological polar surface area (TPSA) is 0 Å². The van der Waals surface area contributed by atoms with Crippen LogP contribution in [-0.2, 0) is 25.8 Å². The van der Waals surface area contributed by atoms with E-state index >= 15 is 0 Å². The smallest absolute Gasteiger partial charge is 0 e. The van der Waals surface area contributed by atoms with Gasteiger partial charge in [0, 0.05) is 25.8 Å². The van der Waals surface area contributed by atoms with Crippen molar-refractivity contribution in [3.63, 3.8) is 0 Å². The molecular formula is C22H30Hf-2. The van der Waals surface area contributed by atoms with Crippen LogP contribution in [0.15, 0.2) is 36.4 Å². The van der Waals surface area contributed by atoms with Crippen molar-refractivity contribution < 1.29 is 25.8 Å². The van der Waals surface area contributed by atoms with Gasteiger partial charge >= 0.3 is 0 Å². The van der Waals surface area contributed by atoms with E-state index in [0.29, 0.717) is 0 Å². The third-order valence-electron chi connectivity index (χ3n) is 5.96. The predicted molar refractivity (Wildman–Crippen MR) is 96.2 cm³/mol. The Bertz CT molecular complexity index is 500. The van der Waals surface area contributed by atoms with Gasteiger partial charge in [0.15, 0.2) is 0 Å². The average Bonchev–Trinajstić information content (AvgIpc) is 3.17. The molecule has 0 radical (unpaired) electrons. The standard InChI is InChI=1S/2C11H15.Hf/c2*1-8-6-7-9(2)11-5-3-4-10(8)11;/h2*3-5,8-9H,6-7H2,1-2H3;/q2*-1;. The summed E-state index contributed by atoms with van der Waals surface area (Å²) in [5.41, 5.74) is 6.40. The van der Waals surface area contributed by atoms with Crippen molar-refractivity contribution in [2.24, 2.45) is 0 Å². The van der Waals surface area contributed by atoms with Crippen LogP contribution in [0.4, 0.5) is 0 Å². The third-order valence-corrected chi connectivity index (χ3v) is 5.96. The summed E-state index contributed by atoms with van der Waals surface area (Å²) in [6.07, 6.45) is 5.49. The predicted octanol–water partition coefficient (Wildman–Crippen LogP) is 6.81. The number of hydrogen-bond donors (Lipinski definition) is 0. The Kier molecular flexibility index (Phi) is 6.66. The molecule has 2 aromatic rings. The second-order valence-electron chi connectivity index (χ2n) is 7.63. The molecular weight excluding hydrogens is 443 g/mol. The van der Waals surface area contributed by atoms with E-state index in [1.165, 1.54) is 25.7 Å². The van der Waals surface area contributed by atoms with Crippen molar-refractivity contribution in [1.82, 2.24) is 0 Å². The van der Waals surface area contributed by atoms with Crippen LogP contribution in [0.2, 0.25) is 0 Å². The van der Waals surface area contributed by atoms with Gasteiger partial charge in [0.05, 0.1) is 0 Å². The number of fused-ring (bicyclic) bond motifs is 2. The first-order valence-corrected chi connectivity index (χ1v) is 9.09. The number of rotatable bonds is 0. The molecule has 0 bridgehead atoms. The van der Waals surface area contributed by atoms with E-state index in [9.17, 15) is 0 Å². The fourth-order valence-corrected chi connectivity index (χ4v) is 4.31. The van der Waals surface area contributed by atoms with Gasteiger partial charge in [-0.25, -0.2) is 12.1 Å². The summed E-state index contributed by atoms with van der Waals surface area (Å²) >= 11 is 0. The molecule has 4 unspecified atom stereocenters. The normalized spacial score (nSPS) is 28.7. The number of hydrogen-bond acceptors (Lipinski definition) is 0. The van der Waals surface area contributed by atoms with Crippen molar-refractivity contribution >= 4 is 0 Å². The summed E-state index contributed by atoms with van der Waals surface area (Å²) in [5, 5.41) is 0. The van der Waals surface area contributed by atoms with Crippen LogP contribution in [0, 0.1) is 0 Å². The molecule has 23 heavy (non-hydrogen) atoms. The zero-order valence-corrected chi connectivity index (χ0v) is 18.7. The van der Waals surface area contributed by atoms with Crippen molar-refractivity contribution in [3.8, 4) is 0 Å². The maximum absolute atomic E-state index is 2.34. The van der Waals surface area contributed by atoms with Gasteiger partial charge in [0.25, 0.3) is 0 Å². The van der Waals surface area contributed by atoms with Crippen LogP contribution >= 0.6 is 0 Å². The molecule has 4 atom stereocenters. The summed E-state index contributed by atoms with van der Waals surface area (Å²) in [6, 6.07) is 13.5. The van der Waals surface area contributed by atoms with E-state index in [1.54, 1.807) is 22.3 Å². The van der Waals surface area contributed by atoms with Gasteiger partial charge in [-0.1, -0.05) is 52.4 Å². The van der Waals surface area contributed by atoms with Crippen LogP contribution in [0.3, 0.4) is 0 Å². The van der Waals surface area contributed by atoms with E-state index < -0.39 is 0 Å². The van der Waals surface area contributed by atoms with E-state index in [2.05, 4.69) is 64.1 Å². The van der Waals surface area contributed by atoms with Gasteiger partial charge in [0.2, 0.25) is 0 Å². The second-order valence-corrected chi connectivity index (χ2v) is 7.63. The van der Waals surface area contributed by atoms with Gasteiger partial charge in [-0.15, -0.1) is 0 Å². The fraction of sp³-hybridized carbons (Fsp3) is 0.545. The minimum atomic E-state index is 0. The largest absolute Gasteiger partial charge is 0.210 e. The quantitative estimate of drug-likeness (QED) is 0.292. The Hall–Kier alpha value is -0.430. The van der Waals surface area contributed by atoms with Crippen LogP contribution in [0.25, 0.3) is 0 Å². The molecule has 2 aliphatic carbocycles. The summed E-state index contributed by atoms with van der Waals surface area (Å²) < 4.78 is 0. The Morgan fingerprint density at radius 1 is 0.652 bits per heavy atom. The first-order valence-electron chi connectivity index (χ1n) is 9.09. The zero-order valence-electron chi connectivity index (χ0n) is 15.1.